The first-order valence-corrected chi connectivity index (χ1v) is 20.3. The van der Waals surface area contributed by atoms with Crippen LogP contribution in [0.1, 0.15) is 137 Å². The predicted molar refractivity (Wildman–Crippen MR) is 205 cm³/mol. The van der Waals surface area contributed by atoms with Crippen LogP contribution < -0.4 is 5.32 Å². The van der Waals surface area contributed by atoms with E-state index < -0.39 is 110 Å². The van der Waals surface area contributed by atoms with Crippen LogP contribution >= 0.6 is 0 Å². The highest BCUT2D eigenvalue weighted by molar-refractivity contribution is 7.85. The van der Waals surface area contributed by atoms with Crippen LogP contribution in [0.25, 0.3) is 0 Å². The molecule has 358 valence electrons. The monoisotopic (exact) mass is 913 g/mol. The van der Waals surface area contributed by atoms with Gasteiger partial charge in [-0.05, 0) is 81.6 Å². The van der Waals surface area contributed by atoms with Gasteiger partial charge in [0.1, 0.15) is 6.10 Å². The highest BCUT2D eigenvalue weighted by Crippen LogP contribution is 2.57. The van der Waals surface area contributed by atoms with Gasteiger partial charge in [0.2, 0.25) is 11.5 Å². The van der Waals surface area contributed by atoms with Crippen molar-refractivity contribution in [3.8, 4) is 0 Å². The summed E-state index contributed by atoms with van der Waals surface area (Å²) in [5.74, 6) is -14.6. The molecule has 0 bridgehead atoms. The Morgan fingerprint density at radius 1 is 0.817 bits per heavy atom. The van der Waals surface area contributed by atoms with Crippen molar-refractivity contribution in [2.75, 3.05) is 12.4 Å². The number of halogens is 8. The molecule has 0 aromatic heterocycles. The van der Waals surface area contributed by atoms with Crippen molar-refractivity contribution in [1.29, 1.82) is 0 Å². The van der Waals surface area contributed by atoms with Gasteiger partial charge in [-0.25, -0.2) is 0 Å². The number of ether oxygens (including phenoxy) is 4. The number of aliphatic hydroxyl groups is 1. The summed E-state index contributed by atoms with van der Waals surface area (Å²) < 4.78 is 156. The van der Waals surface area contributed by atoms with E-state index in [9.17, 15) is 67.8 Å². The number of amides is 1. The predicted octanol–water partition coefficient (Wildman–Crippen LogP) is 8.36. The highest BCUT2D eigenvalue weighted by Gasteiger charge is 2.86. The molecule has 5 atom stereocenters. The SMILES string of the molecule is C.CCC(C)(C)C(=O)OC(C)CC(C)(O)C(F)(F)F.CCC(C)(C)C(=O)OC1(C)COC(OC(=O)C(C)C)(C(F)(F)F)C1(F)F.CCC(C)C(=O)NC(C)(C)CS(=O)(=O)O. The number of hydrogen-bond acceptors (Lipinski definition) is 11. The average molecular weight is 914 g/mol. The van der Waals surface area contributed by atoms with Crippen LogP contribution in [0, 0.1) is 22.7 Å². The smallest absolute Gasteiger partial charge is 0.462 e. The summed E-state index contributed by atoms with van der Waals surface area (Å²) in [6.45, 7) is 20.0. The average Bonchev–Trinajstić information content (AvgIpc) is 3.23. The molecular formula is C38H67F8NO12S. The third-order valence-corrected chi connectivity index (χ3v) is 10.7. The molecular weight excluding hydrogens is 846 g/mol. The van der Waals surface area contributed by atoms with Crippen molar-refractivity contribution >= 4 is 33.9 Å². The lowest BCUT2D eigenvalue weighted by atomic mass is 9.89. The van der Waals surface area contributed by atoms with E-state index in [2.05, 4.69) is 14.8 Å². The van der Waals surface area contributed by atoms with Gasteiger partial charge in [0.05, 0.1) is 34.6 Å². The molecule has 1 rings (SSSR count). The zero-order valence-electron chi connectivity index (χ0n) is 36.4. The molecule has 0 radical (unpaired) electrons. The summed E-state index contributed by atoms with van der Waals surface area (Å²) in [5.41, 5.74) is -8.71. The first-order chi connectivity index (χ1) is 25.9. The quantitative estimate of drug-likeness (QED) is 0.0617. The second-order valence-electron chi connectivity index (χ2n) is 17.2. The molecule has 60 heavy (non-hydrogen) atoms. The van der Waals surface area contributed by atoms with Crippen molar-refractivity contribution in [1.82, 2.24) is 5.32 Å². The van der Waals surface area contributed by atoms with Crippen LogP contribution in [-0.2, 0) is 48.2 Å². The fourth-order valence-corrected chi connectivity index (χ4v) is 5.34. The molecule has 0 aromatic carbocycles. The van der Waals surface area contributed by atoms with Crippen molar-refractivity contribution in [2.45, 2.75) is 184 Å². The number of hydrogen-bond donors (Lipinski definition) is 3. The summed E-state index contributed by atoms with van der Waals surface area (Å²) in [4.78, 5) is 46.9. The summed E-state index contributed by atoms with van der Waals surface area (Å²) in [6.07, 6.45) is -10.8. The molecule has 0 spiro atoms. The van der Waals surface area contributed by atoms with E-state index in [1.807, 2.05) is 6.92 Å². The van der Waals surface area contributed by atoms with E-state index in [-0.39, 0.29) is 25.7 Å². The van der Waals surface area contributed by atoms with Crippen molar-refractivity contribution < 1.29 is 91.3 Å². The zero-order chi connectivity index (χ0) is 47.8. The summed E-state index contributed by atoms with van der Waals surface area (Å²) >= 11 is 0. The molecule has 13 nitrogen and oxygen atoms in total. The lowest BCUT2D eigenvalue weighted by molar-refractivity contribution is -0.410. The van der Waals surface area contributed by atoms with E-state index in [4.69, 9.17) is 14.0 Å². The Balaban J connectivity index is -0.000000844. The van der Waals surface area contributed by atoms with Crippen molar-refractivity contribution in [3.05, 3.63) is 0 Å². The Bertz CT molecular complexity index is 1550. The van der Waals surface area contributed by atoms with Crippen LogP contribution in [-0.4, -0.2) is 101 Å². The molecule has 1 saturated heterocycles. The molecule has 0 aromatic rings. The number of carbonyl (C=O) groups excluding carboxylic acids is 4. The van der Waals surface area contributed by atoms with Gasteiger partial charge in [0, 0.05) is 12.3 Å². The zero-order valence-corrected chi connectivity index (χ0v) is 37.2. The summed E-state index contributed by atoms with van der Waals surface area (Å²) in [5, 5.41) is 11.9. The third-order valence-electron chi connectivity index (χ3n) is 9.58. The minimum atomic E-state index is -5.76. The first-order valence-electron chi connectivity index (χ1n) is 18.7. The maximum Gasteiger partial charge on any atom is 0.462 e. The van der Waals surface area contributed by atoms with Crippen LogP contribution in [0.2, 0.25) is 0 Å². The van der Waals surface area contributed by atoms with E-state index in [1.54, 1.807) is 48.5 Å². The van der Waals surface area contributed by atoms with Gasteiger partial charge in [-0.1, -0.05) is 49.0 Å². The van der Waals surface area contributed by atoms with Gasteiger partial charge < -0.3 is 29.4 Å². The van der Waals surface area contributed by atoms with Gasteiger partial charge >= 0.3 is 42.0 Å². The number of rotatable bonds is 15. The fraction of sp³-hybridized carbons (Fsp3) is 0.895. The Hall–Kier alpha value is -2.85. The minimum absolute atomic E-state index is 0. The second-order valence-corrected chi connectivity index (χ2v) is 18.7. The molecule has 1 amide bonds. The van der Waals surface area contributed by atoms with Crippen molar-refractivity contribution in [3.63, 3.8) is 0 Å². The van der Waals surface area contributed by atoms with Gasteiger partial charge in [-0.2, -0.15) is 43.5 Å². The molecule has 1 aliphatic heterocycles. The standard InChI is InChI=1S/C16H23F5O5.C12H21F3O3.C9H19NO4S.CH4/c1-7-12(4,5)11(23)26-13(6)8-24-15(14(13,17)18,16(19,20)21)25-10(22)9(2)3;1-6-10(3,4)9(16)18-8(2)7-11(5,17)12(13,14)15;1-5-7(2)8(11)10-9(3,4)6-15(12,13)14;/h9H,7-8H2,1-6H3;8,17H,6-7H2,1-5H3;7H,5-6H2,1-4H3,(H,10,11)(H,12,13,14);1H4. The lowest BCUT2D eigenvalue weighted by Crippen LogP contribution is -2.65. The summed E-state index contributed by atoms with van der Waals surface area (Å²) in [7, 11) is -4.07. The topological polar surface area (TPSA) is 192 Å². The summed E-state index contributed by atoms with van der Waals surface area (Å²) in [6, 6.07) is 0. The van der Waals surface area contributed by atoms with Gasteiger partial charge in [-0.15, -0.1) is 0 Å². The maximum atomic E-state index is 14.9. The van der Waals surface area contributed by atoms with Crippen LogP contribution in [0.5, 0.6) is 0 Å². The molecule has 1 heterocycles. The van der Waals surface area contributed by atoms with E-state index in [0.29, 0.717) is 26.7 Å². The minimum Gasteiger partial charge on any atom is -0.462 e. The normalized spacial score (nSPS) is 21.6. The number of nitrogens with one attached hydrogen (secondary N) is 1. The lowest BCUT2D eigenvalue weighted by Gasteiger charge is -2.39. The molecule has 0 saturated carbocycles. The van der Waals surface area contributed by atoms with Gasteiger partial charge in [0.15, 0.2) is 5.60 Å². The van der Waals surface area contributed by atoms with Gasteiger partial charge in [-0.3, -0.25) is 23.7 Å². The number of alkyl halides is 8. The molecule has 22 heteroatoms. The number of carbonyl (C=O) groups is 4. The van der Waals surface area contributed by atoms with Crippen molar-refractivity contribution in [2.24, 2.45) is 22.7 Å². The first kappa shape index (κ1) is 61.4. The largest absolute Gasteiger partial charge is 0.462 e. The second kappa shape index (κ2) is 21.5. The van der Waals surface area contributed by atoms with Crippen LogP contribution in [0.3, 0.4) is 0 Å². The number of esters is 3. The molecule has 3 N–H and O–H groups in total. The highest BCUT2D eigenvalue weighted by atomic mass is 32.2. The fourth-order valence-electron chi connectivity index (χ4n) is 4.36. The van der Waals surface area contributed by atoms with E-state index in [0.717, 1.165) is 0 Å². The molecule has 1 aliphatic rings. The van der Waals surface area contributed by atoms with Crippen LogP contribution in [0.15, 0.2) is 0 Å². The Morgan fingerprint density at radius 2 is 1.25 bits per heavy atom. The van der Waals surface area contributed by atoms with E-state index >= 15 is 0 Å². The molecule has 0 aliphatic carbocycles. The maximum absolute atomic E-state index is 14.9. The third kappa shape index (κ3) is 16.8. The Morgan fingerprint density at radius 3 is 1.60 bits per heavy atom. The van der Waals surface area contributed by atoms with E-state index in [1.165, 1.54) is 34.6 Å². The molecule has 5 unspecified atom stereocenters. The van der Waals surface area contributed by atoms with Crippen LogP contribution in [0.4, 0.5) is 35.1 Å². The van der Waals surface area contributed by atoms with Gasteiger partial charge in [0.25, 0.3) is 10.1 Å². The Labute approximate surface area is 349 Å². The molecule has 1 fully saturated rings. The Kier molecular flexibility index (Phi) is 22.0.